The highest BCUT2D eigenvalue weighted by Crippen LogP contribution is 2.34. The third-order valence-electron chi connectivity index (χ3n) is 8.12. The van der Waals surface area contributed by atoms with Crippen LogP contribution in [-0.4, -0.2) is 73.3 Å². The van der Waals surface area contributed by atoms with Crippen LogP contribution in [0, 0.1) is 0 Å². The van der Waals surface area contributed by atoms with E-state index in [1.165, 1.54) is 6.07 Å². The SMILES string of the molecule is CCCCc1nc2c(N)nc3cc(CCOCCNC(=O)CCCC(=O)ON4C(=O)CCC4=O)ccc3c2n1Cc1cccc(O)c1O. The third kappa shape index (κ3) is 8.00. The van der Waals surface area contributed by atoms with E-state index < -0.39 is 17.8 Å². The zero-order valence-corrected chi connectivity index (χ0v) is 26.9. The number of aryl methyl sites for hydroxylation is 1. The quantitative estimate of drug-likeness (QED) is 0.0780. The van der Waals surface area contributed by atoms with Crippen molar-refractivity contribution < 1.29 is 39.0 Å². The van der Waals surface area contributed by atoms with Crippen molar-refractivity contribution in [2.24, 2.45) is 0 Å². The number of imidazole rings is 1. The summed E-state index contributed by atoms with van der Waals surface area (Å²) in [6, 6.07) is 10.9. The number of hydroxylamine groups is 2. The Morgan fingerprint density at radius 2 is 1.79 bits per heavy atom. The second-order valence-corrected chi connectivity index (χ2v) is 11.7. The average Bonchev–Trinajstić information content (AvgIpc) is 3.58. The minimum absolute atomic E-state index is 0.0259. The number of nitrogens with zero attached hydrogens (tertiary/aromatic N) is 4. The molecular weight excluding hydrogens is 620 g/mol. The van der Waals surface area contributed by atoms with Crippen molar-refractivity contribution in [1.29, 1.82) is 0 Å². The maximum absolute atomic E-state index is 12.1. The summed E-state index contributed by atoms with van der Waals surface area (Å²) < 4.78 is 7.76. The smallest absolute Gasteiger partial charge is 0.333 e. The van der Waals surface area contributed by atoms with Crippen molar-refractivity contribution in [2.45, 2.75) is 71.3 Å². The Labute approximate surface area is 276 Å². The molecule has 1 aliphatic rings. The number of pyridine rings is 1. The number of nitrogen functional groups attached to an aromatic ring is 1. The van der Waals surface area contributed by atoms with E-state index in [2.05, 4.69) is 17.2 Å². The fourth-order valence-electron chi connectivity index (χ4n) is 5.57. The van der Waals surface area contributed by atoms with Gasteiger partial charge in [-0.2, -0.15) is 0 Å². The van der Waals surface area contributed by atoms with Crippen molar-refractivity contribution in [1.82, 2.24) is 24.9 Å². The van der Waals surface area contributed by atoms with Gasteiger partial charge < -0.3 is 35.4 Å². The van der Waals surface area contributed by atoms with E-state index in [1.807, 2.05) is 22.8 Å². The van der Waals surface area contributed by atoms with Gasteiger partial charge in [0.25, 0.3) is 11.8 Å². The highest BCUT2D eigenvalue weighted by Gasteiger charge is 2.32. The van der Waals surface area contributed by atoms with Crippen LogP contribution in [0.5, 0.6) is 11.5 Å². The van der Waals surface area contributed by atoms with Crippen molar-refractivity contribution in [3.63, 3.8) is 0 Å². The van der Waals surface area contributed by atoms with Gasteiger partial charge in [0, 0.05) is 49.6 Å². The molecule has 2 aromatic carbocycles. The van der Waals surface area contributed by atoms with Gasteiger partial charge in [0.2, 0.25) is 5.91 Å². The zero-order valence-electron chi connectivity index (χ0n) is 26.9. The van der Waals surface area contributed by atoms with Gasteiger partial charge in [-0.05, 0) is 37.0 Å². The molecule has 5 N–H and O–H groups in total. The number of imide groups is 1. The molecule has 0 radical (unpaired) electrons. The van der Waals surface area contributed by atoms with Crippen molar-refractivity contribution in [2.75, 3.05) is 25.5 Å². The number of phenolic OH excluding ortho intramolecular Hbond substituents is 2. The molecule has 0 saturated carbocycles. The molecule has 1 aliphatic heterocycles. The Bertz CT molecular complexity index is 1820. The second kappa shape index (κ2) is 15.6. The Morgan fingerprint density at radius 3 is 2.56 bits per heavy atom. The molecule has 0 spiro atoms. The van der Waals surface area contributed by atoms with Gasteiger partial charge in [0.1, 0.15) is 11.3 Å². The highest BCUT2D eigenvalue weighted by molar-refractivity contribution is 6.07. The summed E-state index contributed by atoms with van der Waals surface area (Å²) >= 11 is 0. The molecule has 0 atom stereocenters. The maximum Gasteiger partial charge on any atom is 0.333 e. The number of anilines is 1. The first-order chi connectivity index (χ1) is 23.2. The number of carbonyl (C=O) groups excluding carboxylic acids is 4. The van der Waals surface area contributed by atoms with E-state index in [0.717, 1.165) is 41.6 Å². The van der Waals surface area contributed by atoms with Crippen LogP contribution < -0.4 is 11.1 Å². The third-order valence-corrected chi connectivity index (χ3v) is 8.12. The standard InChI is InChI=1S/C34H40N6O8/c1-2-3-8-26-38-31-32(39(26)20-22-6-4-7-25(41)33(22)46)23-12-11-21(19-24(23)37-34(31)35)15-17-47-18-16-36-27(42)9-5-10-30(45)48-40-28(43)13-14-29(40)44/h4,6-7,11-12,19,41,46H,2-3,5,8-10,13-18,20H2,1H3,(H2,35,37)(H,36,42). The van der Waals surface area contributed by atoms with Gasteiger partial charge in [-0.25, -0.2) is 14.8 Å². The lowest BCUT2D eigenvalue weighted by atomic mass is 10.1. The van der Waals surface area contributed by atoms with Crippen LogP contribution in [0.25, 0.3) is 21.9 Å². The second-order valence-electron chi connectivity index (χ2n) is 11.7. The summed E-state index contributed by atoms with van der Waals surface area (Å²) in [4.78, 5) is 61.3. The van der Waals surface area contributed by atoms with Crippen LogP contribution in [0.15, 0.2) is 36.4 Å². The van der Waals surface area contributed by atoms with Crippen molar-refractivity contribution in [3.05, 3.63) is 53.3 Å². The van der Waals surface area contributed by atoms with E-state index in [1.54, 1.807) is 12.1 Å². The molecular formula is C34H40N6O8. The van der Waals surface area contributed by atoms with Crippen LogP contribution >= 0.6 is 0 Å². The molecule has 0 bridgehead atoms. The Kier molecular flexibility index (Phi) is 11.1. The van der Waals surface area contributed by atoms with Crippen LogP contribution in [-0.2, 0) is 48.1 Å². The van der Waals surface area contributed by atoms with Crippen LogP contribution in [0.2, 0.25) is 0 Å². The number of carbonyl (C=O) groups is 4. The number of aromatic hydroxyl groups is 2. The molecule has 0 unspecified atom stereocenters. The number of nitrogens with two attached hydrogens (primary N) is 1. The summed E-state index contributed by atoms with van der Waals surface area (Å²) in [6.45, 7) is 3.42. The molecule has 254 valence electrons. The number of ether oxygens (including phenoxy) is 1. The lowest BCUT2D eigenvalue weighted by Crippen LogP contribution is -2.32. The summed E-state index contributed by atoms with van der Waals surface area (Å²) in [5, 5.41) is 24.7. The molecule has 0 aliphatic carbocycles. The highest BCUT2D eigenvalue weighted by atomic mass is 16.7. The van der Waals surface area contributed by atoms with Crippen LogP contribution in [0.4, 0.5) is 5.82 Å². The summed E-state index contributed by atoms with van der Waals surface area (Å²) in [7, 11) is 0. The molecule has 1 fully saturated rings. The summed E-state index contributed by atoms with van der Waals surface area (Å²) in [6.07, 6.45) is 3.50. The van der Waals surface area contributed by atoms with E-state index in [9.17, 15) is 29.4 Å². The topological polar surface area (TPSA) is 199 Å². The zero-order chi connectivity index (χ0) is 34.2. The predicted molar refractivity (Wildman–Crippen MR) is 175 cm³/mol. The van der Waals surface area contributed by atoms with Crippen LogP contribution in [0.3, 0.4) is 0 Å². The molecule has 2 aromatic heterocycles. The first-order valence-electron chi connectivity index (χ1n) is 16.1. The predicted octanol–water partition coefficient (Wildman–Crippen LogP) is 3.42. The Balaban J connectivity index is 1.13. The lowest BCUT2D eigenvalue weighted by Gasteiger charge is -2.13. The number of para-hydroxylation sites is 1. The number of unbranched alkanes of at least 4 members (excludes halogenated alkanes) is 1. The molecule has 3 amide bonds. The number of amides is 3. The molecule has 5 rings (SSSR count). The molecule has 1 saturated heterocycles. The summed E-state index contributed by atoms with van der Waals surface area (Å²) in [5.74, 6) is -1.27. The number of aromatic nitrogens is 3. The molecule has 48 heavy (non-hydrogen) atoms. The first-order valence-corrected chi connectivity index (χ1v) is 16.1. The van der Waals surface area contributed by atoms with Crippen LogP contribution in [0.1, 0.15) is 68.8 Å². The number of benzene rings is 2. The molecule has 14 nitrogen and oxygen atoms in total. The minimum atomic E-state index is -0.735. The van der Waals surface area contributed by atoms with Gasteiger partial charge in [0.15, 0.2) is 17.3 Å². The lowest BCUT2D eigenvalue weighted by molar-refractivity contribution is -0.197. The monoisotopic (exact) mass is 660 g/mol. The number of nitrogens with one attached hydrogen (secondary N) is 1. The van der Waals surface area contributed by atoms with E-state index >= 15 is 0 Å². The summed E-state index contributed by atoms with van der Waals surface area (Å²) in [5.41, 5.74) is 10.1. The Morgan fingerprint density at radius 1 is 1.00 bits per heavy atom. The van der Waals surface area contributed by atoms with Gasteiger partial charge in [0.05, 0.1) is 30.8 Å². The normalized spacial score (nSPS) is 13.1. The number of phenols is 2. The van der Waals surface area contributed by atoms with Gasteiger partial charge >= 0.3 is 5.97 Å². The number of hydrogen-bond donors (Lipinski definition) is 4. The number of fused-ring (bicyclic) bond motifs is 3. The first kappa shape index (κ1) is 34.1. The van der Waals surface area contributed by atoms with Gasteiger partial charge in [-0.3, -0.25) is 14.4 Å². The average molecular weight is 661 g/mol. The number of rotatable bonds is 16. The molecule has 4 aromatic rings. The van der Waals surface area contributed by atoms with E-state index in [-0.39, 0.29) is 49.5 Å². The number of hydrogen-bond acceptors (Lipinski definition) is 11. The Hall–Kier alpha value is -5.24. The fourth-order valence-corrected chi connectivity index (χ4v) is 5.57. The van der Waals surface area contributed by atoms with Crippen molar-refractivity contribution >= 4 is 51.4 Å². The largest absolute Gasteiger partial charge is 0.504 e. The van der Waals surface area contributed by atoms with Crippen molar-refractivity contribution in [3.8, 4) is 11.5 Å². The molecule has 14 heteroatoms. The van der Waals surface area contributed by atoms with Gasteiger partial charge in [-0.15, -0.1) is 5.06 Å². The maximum atomic E-state index is 12.1. The van der Waals surface area contributed by atoms with E-state index in [0.29, 0.717) is 60.2 Å². The molecule has 3 heterocycles. The van der Waals surface area contributed by atoms with E-state index in [4.69, 9.17) is 20.3 Å². The minimum Gasteiger partial charge on any atom is -0.504 e. The van der Waals surface area contributed by atoms with Gasteiger partial charge in [-0.1, -0.05) is 37.6 Å². The fraction of sp³-hybridized carbons (Fsp3) is 0.412.